The Morgan fingerprint density at radius 2 is 1.68 bits per heavy atom. The maximum atomic E-state index is 14.9. The topological polar surface area (TPSA) is 15.3 Å². The molecule has 0 saturated heterocycles. The molecule has 1 aliphatic rings. The van der Waals surface area contributed by atoms with Gasteiger partial charge in [0.15, 0.2) is 0 Å². The molecule has 0 spiro atoms. The molecule has 0 aromatic heterocycles. The lowest BCUT2D eigenvalue weighted by molar-refractivity contribution is -0.177. The van der Waals surface area contributed by atoms with Crippen molar-refractivity contribution >= 4 is 11.4 Å². The van der Waals surface area contributed by atoms with Gasteiger partial charge in [-0.15, -0.1) is 0 Å². The molecule has 0 fully saturated rings. The SMILES string of the molecule is CCC1CN(CC)C(c2ccc(NCc3c(F)cccc3F)cc2F)=CC1C(F)(F)F. The van der Waals surface area contributed by atoms with Crippen LogP contribution in [0.15, 0.2) is 42.5 Å². The molecule has 2 unspecified atom stereocenters. The molecule has 1 heterocycles. The molecule has 3 rings (SSSR count). The summed E-state index contributed by atoms with van der Waals surface area (Å²) < 4.78 is 83.1. The molecule has 2 aromatic rings. The average molecular weight is 442 g/mol. The van der Waals surface area contributed by atoms with Crippen LogP contribution in [0.5, 0.6) is 0 Å². The molecule has 1 aliphatic heterocycles. The minimum atomic E-state index is -4.41. The summed E-state index contributed by atoms with van der Waals surface area (Å²) in [4.78, 5) is 1.75. The summed E-state index contributed by atoms with van der Waals surface area (Å²) in [5, 5.41) is 2.75. The van der Waals surface area contributed by atoms with Crippen LogP contribution < -0.4 is 5.32 Å². The van der Waals surface area contributed by atoms with Crippen molar-refractivity contribution in [2.75, 3.05) is 18.4 Å². The van der Waals surface area contributed by atoms with E-state index >= 15 is 0 Å². The van der Waals surface area contributed by atoms with Gasteiger partial charge in [0.05, 0.1) is 5.92 Å². The van der Waals surface area contributed by atoms with E-state index in [9.17, 15) is 26.3 Å². The Bertz CT molecular complexity index is 933. The Morgan fingerprint density at radius 3 is 2.23 bits per heavy atom. The standard InChI is InChI=1S/C23H24F6N2/c1-3-14-13-31(4-2)22(11-18(14)23(27,28)29)16-9-8-15(10-21(16)26)30-12-17-19(24)6-5-7-20(17)25/h5-11,14,18,30H,3-4,12-13H2,1-2H3. The summed E-state index contributed by atoms with van der Waals surface area (Å²) in [6.45, 7) is 3.96. The lowest BCUT2D eigenvalue weighted by Crippen LogP contribution is -2.41. The lowest BCUT2D eigenvalue weighted by Gasteiger charge is -2.39. The number of benzene rings is 2. The molecular formula is C23H24F6N2. The third-order valence-electron chi connectivity index (χ3n) is 5.70. The van der Waals surface area contributed by atoms with E-state index in [-0.39, 0.29) is 35.6 Å². The number of halogens is 6. The molecule has 1 N–H and O–H groups in total. The number of alkyl halides is 3. The van der Waals surface area contributed by atoms with E-state index in [1.807, 2.05) is 6.92 Å². The van der Waals surface area contributed by atoms with Gasteiger partial charge in [-0.05, 0) is 49.2 Å². The molecule has 0 radical (unpaired) electrons. The Morgan fingerprint density at radius 1 is 1.00 bits per heavy atom. The molecule has 2 aromatic carbocycles. The van der Waals surface area contributed by atoms with Crippen LogP contribution in [0.2, 0.25) is 0 Å². The van der Waals surface area contributed by atoms with Crippen molar-refractivity contribution in [3.63, 3.8) is 0 Å². The first-order valence-corrected chi connectivity index (χ1v) is 10.2. The zero-order valence-corrected chi connectivity index (χ0v) is 17.2. The summed E-state index contributed by atoms with van der Waals surface area (Å²) in [7, 11) is 0. The van der Waals surface area contributed by atoms with Gasteiger partial charge in [-0.3, -0.25) is 0 Å². The fourth-order valence-corrected chi connectivity index (χ4v) is 3.94. The van der Waals surface area contributed by atoms with Gasteiger partial charge in [0.25, 0.3) is 0 Å². The van der Waals surface area contributed by atoms with Gasteiger partial charge in [0, 0.05) is 42.1 Å². The first kappa shape index (κ1) is 23.0. The highest BCUT2D eigenvalue weighted by Gasteiger charge is 2.45. The third kappa shape index (κ3) is 4.99. The fraction of sp³-hybridized carbons (Fsp3) is 0.391. The lowest BCUT2D eigenvalue weighted by atomic mass is 9.83. The van der Waals surface area contributed by atoms with Crippen molar-refractivity contribution in [2.45, 2.75) is 33.0 Å². The number of rotatable bonds is 6. The van der Waals surface area contributed by atoms with Crippen molar-refractivity contribution < 1.29 is 26.3 Å². The molecule has 0 saturated carbocycles. The summed E-state index contributed by atoms with van der Waals surface area (Å²) in [6.07, 6.45) is -2.93. The van der Waals surface area contributed by atoms with E-state index < -0.39 is 35.5 Å². The monoisotopic (exact) mass is 442 g/mol. The van der Waals surface area contributed by atoms with Crippen molar-refractivity contribution in [3.05, 3.63) is 71.1 Å². The second-order valence-corrected chi connectivity index (χ2v) is 7.57. The number of nitrogens with zero attached hydrogens (tertiary/aromatic N) is 1. The van der Waals surface area contributed by atoms with E-state index in [1.54, 1.807) is 11.8 Å². The molecular weight excluding hydrogens is 418 g/mol. The van der Waals surface area contributed by atoms with Crippen molar-refractivity contribution in [3.8, 4) is 0 Å². The second-order valence-electron chi connectivity index (χ2n) is 7.57. The largest absolute Gasteiger partial charge is 0.395 e. The molecule has 0 aliphatic carbocycles. The summed E-state index contributed by atoms with van der Waals surface area (Å²) in [6, 6.07) is 7.50. The van der Waals surface area contributed by atoms with Gasteiger partial charge in [0.2, 0.25) is 0 Å². The summed E-state index contributed by atoms with van der Waals surface area (Å²) in [5.74, 6) is -4.39. The van der Waals surface area contributed by atoms with Crippen LogP contribution in [0.3, 0.4) is 0 Å². The average Bonchev–Trinajstić information content (AvgIpc) is 2.72. The van der Waals surface area contributed by atoms with Gasteiger partial charge < -0.3 is 10.2 Å². The Kier molecular flexibility index (Phi) is 6.86. The first-order chi connectivity index (χ1) is 14.7. The highest BCUT2D eigenvalue weighted by molar-refractivity contribution is 5.68. The first-order valence-electron chi connectivity index (χ1n) is 10.2. The molecule has 168 valence electrons. The number of hydrogen-bond acceptors (Lipinski definition) is 2. The molecule has 2 atom stereocenters. The Hall–Kier alpha value is -2.64. The summed E-state index contributed by atoms with van der Waals surface area (Å²) in [5.41, 5.74) is 0.354. The predicted octanol–water partition coefficient (Wildman–Crippen LogP) is 6.60. The Balaban J connectivity index is 1.88. The third-order valence-corrected chi connectivity index (χ3v) is 5.70. The van der Waals surface area contributed by atoms with Crippen LogP contribution in [0.1, 0.15) is 31.4 Å². The minimum Gasteiger partial charge on any atom is -0.381 e. The number of hydrogen-bond donors (Lipinski definition) is 1. The van der Waals surface area contributed by atoms with Gasteiger partial charge in [-0.1, -0.05) is 19.4 Å². The van der Waals surface area contributed by atoms with Crippen molar-refractivity contribution in [2.24, 2.45) is 11.8 Å². The zero-order chi connectivity index (χ0) is 22.8. The molecule has 8 heteroatoms. The normalized spacial score (nSPS) is 19.4. The number of allylic oxidation sites excluding steroid dienone is 1. The predicted molar refractivity (Wildman–Crippen MR) is 109 cm³/mol. The van der Waals surface area contributed by atoms with Gasteiger partial charge in [0.1, 0.15) is 17.5 Å². The van der Waals surface area contributed by atoms with Gasteiger partial charge in [-0.25, -0.2) is 13.2 Å². The molecule has 2 nitrogen and oxygen atoms in total. The van der Waals surface area contributed by atoms with Crippen LogP contribution >= 0.6 is 0 Å². The number of anilines is 1. The molecule has 0 bridgehead atoms. The highest BCUT2D eigenvalue weighted by atomic mass is 19.4. The van der Waals surface area contributed by atoms with Crippen LogP contribution in [0, 0.1) is 29.3 Å². The van der Waals surface area contributed by atoms with Crippen molar-refractivity contribution in [1.82, 2.24) is 4.90 Å². The molecule has 31 heavy (non-hydrogen) atoms. The van der Waals surface area contributed by atoms with Gasteiger partial charge in [-0.2, -0.15) is 13.2 Å². The summed E-state index contributed by atoms with van der Waals surface area (Å²) >= 11 is 0. The molecule has 0 amide bonds. The van der Waals surface area contributed by atoms with Crippen LogP contribution in [-0.4, -0.2) is 24.2 Å². The maximum absolute atomic E-state index is 14.9. The van der Waals surface area contributed by atoms with E-state index in [0.29, 0.717) is 13.0 Å². The van der Waals surface area contributed by atoms with E-state index in [0.717, 1.165) is 24.3 Å². The van der Waals surface area contributed by atoms with Crippen molar-refractivity contribution in [1.29, 1.82) is 0 Å². The van der Waals surface area contributed by atoms with Crippen LogP contribution in [0.25, 0.3) is 5.70 Å². The highest BCUT2D eigenvalue weighted by Crippen LogP contribution is 2.42. The fourth-order valence-electron chi connectivity index (χ4n) is 3.94. The zero-order valence-electron chi connectivity index (χ0n) is 17.2. The van der Waals surface area contributed by atoms with Crippen LogP contribution in [-0.2, 0) is 6.54 Å². The smallest absolute Gasteiger partial charge is 0.381 e. The Labute approximate surface area is 177 Å². The number of nitrogens with one attached hydrogen (secondary N) is 1. The maximum Gasteiger partial charge on any atom is 0.395 e. The minimum absolute atomic E-state index is 0.0632. The quantitative estimate of drug-likeness (QED) is 0.507. The van der Waals surface area contributed by atoms with E-state index in [2.05, 4.69) is 5.32 Å². The van der Waals surface area contributed by atoms with Gasteiger partial charge >= 0.3 is 6.18 Å². The second kappa shape index (κ2) is 9.24. The van der Waals surface area contributed by atoms with E-state index in [4.69, 9.17) is 0 Å². The van der Waals surface area contributed by atoms with E-state index in [1.165, 1.54) is 18.2 Å². The van der Waals surface area contributed by atoms with Crippen LogP contribution in [0.4, 0.5) is 32.0 Å².